The van der Waals surface area contributed by atoms with E-state index in [1.165, 1.54) is 7.11 Å². The number of ether oxygens (including phenoxy) is 4. The van der Waals surface area contributed by atoms with Gasteiger partial charge >= 0.3 is 5.97 Å². The molecule has 2 aromatic carbocycles. The van der Waals surface area contributed by atoms with Gasteiger partial charge in [0.15, 0.2) is 18.1 Å². The minimum Gasteiger partial charge on any atom is -0.493 e. The van der Waals surface area contributed by atoms with Crippen LogP contribution >= 0.6 is 0 Å². The molecule has 0 atom stereocenters. The van der Waals surface area contributed by atoms with Crippen LogP contribution in [0.2, 0.25) is 0 Å². The van der Waals surface area contributed by atoms with Gasteiger partial charge in [0.2, 0.25) is 0 Å². The van der Waals surface area contributed by atoms with Crippen LogP contribution in [-0.4, -0.2) is 56.8 Å². The summed E-state index contributed by atoms with van der Waals surface area (Å²) in [6.07, 6.45) is 0. The molecule has 0 bridgehead atoms. The minimum absolute atomic E-state index is 0.104. The molecule has 1 heterocycles. The summed E-state index contributed by atoms with van der Waals surface area (Å²) >= 11 is 0. The highest BCUT2D eigenvalue weighted by Crippen LogP contribution is 2.28. The maximum absolute atomic E-state index is 12.5. The Morgan fingerprint density at radius 1 is 1.03 bits per heavy atom. The van der Waals surface area contributed by atoms with E-state index in [-0.39, 0.29) is 19.1 Å². The van der Waals surface area contributed by atoms with Crippen LogP contribution in [0.1, 0.15) is 27.0 Å². The standard InChI is InChI=1S/C23H27NO6/c1-16-4-5-17(2)19(12-16)14-30-23(26)18-6-7-20(21(13-18)27-3)29-15-22(25)24-8-10-28-11-9-24/h4-7,12-13H,8-11,14-15H2,1-3H3. The molecule has 0 aromatic heterocycles. The fraction of sp³-hybridized carbons (Fsp3) is 0.391. The second kappa shape index (κ2) is 10.1. The van der Waals surface area contributed by atoms with Gasteiger partial charge in [-0.2, -0.15) is 0 Å². The first kappa shape index (κ1) is 21.6. The number of esters is 1. The largest absolute Gasteiger partial charge is 0.493 e. The molecule has 1 aliphatic rings. The molecule has 0 radical (unpaired) electrons. The fourth-order valence-electron chi connectivity index (χ4n) is 3.14. The Hall–Kier alpha value is -3.06. The third-order valence-corrected chi connectivity index (χ3v) is 4.98. The summed E-state index contributed by atoms with van der Waals surface area (Å²) in [4.78, 5) is 26.4. The number of hydrogen-bond acceptors (Lipinski definition) is 6. The van der Waals surface area contributed by atoms with E-state index in [2.05, 4.69) is 0 Å². The van der Waals surface area contributed by atoms with Crippen molar-refractivity contribution in [2.24, 2.45) is 0 Å². The molecule has 0 N–H and O–H groups in total. The Balaban J connectivity index is 1.60. The molecule has 0 unspecified atom stereocenters. The zero-order chi connectivity index (χ0) is 21.5. The fourth-order valence-corrected chi connectivity index (χ4v) is 3.14. The Kier molecular flexibility index (Phi) is 7.30. The summed E-state index contributed by atoms with van der Waals surface area (Å²) in [5, 5.41) is 0. The van der Waals surface area contributed by atoms with E-state index in [4.69, 9.17) is 18.9 Å². The number of nitrogens with zero attached hydrogens (tertiary/aromatic N) is 1. The quantitative estimate of drug-likeness (QED) is 0.650. The molecular formula is C23H27NO6. The highest BCUT2D eigenvalue weighted by Gasteiger charge is 2.19. The third-order valence-electron chi connectivity index (χ3n) is 4.98. The van der Waals surface area contributed by atoms with Crippen molar-refractivity contribution in [3.05, 3.63) is 58.7 Å². The number of hydrogen-bond donors (Lipinski definition) is 0. The van der Waals surface area contributed by atoms with Crippen LogP contribution in [0.3, 0.4) is 0 Å². The molecule has 1 saturated heterocycles. The number of amides is 1. The summed E-state index contributed by atoms with van der Waals surface area (Å²) < 4.78 is 21.7. The molecule has 0 aliphatic carbocycles. The van der Waals surface area contributed by atoms with Gasteiger partial charge < -0.3 is 23.8 Å². The second-order valence-electron chi connectivity index (χ2n) is 7.15. The lowest BCUT2D eigenvalue weighted by Crippen LogP contribution is -2.43. The molecule has 0 spiro atoms. The number of methoxy groups -OCH3 is 1. The van der Waals surface area contributed by atoms with Crippen LogP contribution < -0.4 is 9.47 Å². The SMILES string of the molecule is COc1cc(C(=O)OCc2cc(C)ccc2C)ccc1OCC(=O)N1CCOCC1. The Morgan fingerprint density at radius 2 is 1.80 bits per heavy atom. The maximum Gasteiger partial charge on any atom is 0.338 e. The van der Waals surface area contributed by atoms with E-state index in [1.54, 1.807) is 23.1 Å². The van der Waals surface area contributed by atoms with Crippen molar-refractivity contribution in [3.8, 4) is 11.5 Å². The first-order valence-electron chi connectivity index (χ1n) is 9.87. The van der Waals surface area contributed by atoms with Crippen LogP contribution in [0.15, 0.2) is 36.4 Å². The molecule has 1 aliphatic heterocycles. The van der Waals surface area contributed by atoms with Crippen molar-refractivity contribution in [2.45, 2.75) is 20.5 Å². The van der Waals surface area contributed by atoms with Crippen LogP contribution in [0.4, 0.5) is 0 Å². The van der Waals surface area contributed by atoms with Crippen molar-refractivity contribution in [2.75, 3.05) is 40.0 Å². The van der Waals surface area contributed by atoms with E-state index >= 15 is 0 Å². The second-order valence-corrected chi connectivity index (χ2v) is 7.15. The maximum atomic E-state index is 12.5. The highest BCUT2D eigenvalue weighted by molar-refractivity contribution is 5.90. The molecule has 3 rings (SSSR count). The predicted octanol–water partition coefficient (Wildman–Crippen LogP) is 2.91. The Bertz CT molecular complexity index is 905. The molecule has 7 nitrogen and oxygen atoms in total. The number of carbonyl (C=O) groups excluding carboxylic acids is 2. The van der Waals surface area contributed by atoms with Gasteiger partial charge in [-0.25, -0.2) is 4.79 Å². The first-order valence-corrected chi connectivity index (χ1v) is 9.87. The zero-order valence-corrected chi connectivity index (χ0v) is 17.6. The van der Waals surface area contributed by atoms with Crippen LogP contribution in [-0.2, 0) is 20.9 Å². The van der Waals surface area contributed by atoms with Gasteiger partial charge in [-0.3, -0.25) is 4.79 Å². The van der Waals surface area contributed by atoms with E-state index in [0.29, 0.717) is 43.4 Å². The van der Waals surface area contributed by atoms with E-state index in [9.17, 15) is 9.59 Å². The Morgan fingerprint density at radius 3 is 2.53 bits per heavy atom. The molecule has 1 fully saturated rings. The average molecular weight is 413 g/mol. The van der Waals surface area contributed by atoms with Crippen LogP contribution in [0.5, 0.6) is 11.5 Å². The van der Waals surface area contributed by atoms with Gasteiger partial charge in [0.05, 0.1) is 25.9 Å². The number of carbonyl (C=O) groups is 2. The summed E-state index contributed by atoms with van der Waals surface area (Å²) in [7, 11) is 1.48. The summed E-state index contributed by atoms with van der Waals surface area (Å²) in [5.74, 6) is 0.193. The molecular weight excluding hydrogens is 386 g/mol. The summed E-state index contributed by atoms with van der Waals surface area (Å²) in [5.41, 5.74) is 3.50. The lowest BCUT2D eigenvalue weighted by atomic mass is 10.1. The first-order chi connectivity index (χ1) is 14.5. The van der Waals surface area contributed by atoms with E-state index in [1.807, 2.05) is 32.0 Å². The zero-order valence-electron chi connectivity index (χ0n) is 17.6. The van der Waals surface area contributed by atoms with Crippen molar-refractivity contribution in [1.29, 1.82) is 0 Å². The minimum atomic E-state index is -0.454. The molecule has 160 valence electrons. The highest BCUT2D eigenvalue weighted by atomic mass is 16.5. The van der Waals surface area contributed by atoms with Crippen molar-refractivity contribution < 1.29 is 28.5 Å². The molecule has 1 amide bonds. The number of rotatable bonds is 7. The molecule has 7 heteroatoms. The van der Waals surface area contributed by atoms with Crippen molar-refractivity contribution in [3.63, 3.8) is 0 Å². The predicted molar refractivity (Wildman–Crippen MR) is 111 cm³/mol. The summed E-state index contributed by atoms with van der Waals surface area (Å²) in [6, 6.07) is 10.8. The third kappa shape index (κ3) is 5.51. The smallest absolute Gasteiger partial charge is 0.338 e. The number of aryl methyl sites for hydroxylation is 2. The molecule has 30 heavy (non-hydrogen) atoms. The van der Waals surface area contributed by atoms with Crippen LogP contribution in [0, 0.1) is 13.8 Å². The lowest BCUT2D eigenvalue weighted by Gasteiger charge is -2.26. The molecule has 2 aromatic rings. The average Bonchev–Trinajstić information content (AvgIpc) is 2.78. The van der Waals surface area contributed by atoms with Gasteiger partial charge in [-0.1, -0.05) is 23.8 Å². The summed E-state index contributed by atoms with van der Waals surface area (Å²) in [6.45, 7) is 6.26. The van der Waals surface area contributed by atoms with Crippen molar-refractivity contribution >= 4 is 11.9 Å². The van der Waals surface area contributed by atoms with E-state index < -0.39 is 5.97 Å². The van der Waals surface area contributed by atoms with Gasteiger partial charge in [0.1, 0.15) is 6.61 Å². The van der Waals surface area contributed by atoms with Crippen LogP contribution in [0.25, 0.3) is 0 Å². The van der Waals surface area contributed by atoms with Gasteiger partial charge in [0, 0.05) is 13.1 Å². The number of morpholine rings is 1. The monoisotopic (exact) mass is 413 g/mol. The van der Waals surface area contributed by atoms with E-state index in [0.717, 1.165) is 16.7 Å². The molecule has 0 saturated carbocycles. The van der Waals surface area contributed by atoms with Gasteiger partial charge in [-0.15, -0.1) is 0 Å². The van der Waals surface area contributed by atoms with Gasteiger partial charge in [-0.05, 0) is 43.2 Å². The Labute approximate surface area is 176 Å². The number of benzene rings is 2. The topological polar surface area (TPSA) is 74.3 Å². The van der Waals surface area contributed by atoms with Crippen molar-refractivity contribution in [1.82, 2.24) is 4.90 Å². The normalized spacial score (nSPS) is 13.6. The van der Waals surface area contributed by atoms with Gasteiger partial charge in [0.25, 0.3) is 5.91 Å². The lowest BCUT2D eigenvalue weighted by molar-refractivity contribution is -0.137.